The molecule has 26 heavy (non-hydrogen) atoms. The van der Waals surface area contributed by atoms with Crippen molar-refractivity contribution in [3.8, 4) is 11.1 Å². The van der Waals surface area contributed by atoms with Gasteiger partial charge in [0, 0.05) is 17.8 Å². The van der Waals surface area contributed by atoms with Crippen LogP contribution in [0.4, 0.5) is 0 Å². The molecule has 1 N–H and O–H groups in total. The fourth-order valence-corrected chi connectivity index (χ4v) is 3.06. The summed E-state index contributed by atoms with van der Waals surface area (Å²) < 4.78 is 1.83. The lowest BCUT2D eigenvalue weighted by atomic mass is 10.1. The van der Waals surface area contributed by atoms with Crippen molar-refractivity contribution in [2.24, 2.45) is 5.92 Å². The third-order valence-electron chi connectivity index (χ3n) is 4.92. The van der Waals surface area contributed by atoms with E-state index in [-0.39, 0.29) is 11.9 Å². The second kappa shape index (κ2) is 7.28. The van der Waals surface area contributed by atoms with Crippen molar-refractivity contribution in [3.63, 3.8) is 0 Å². The Hall–Kier alpha value is -2.69. The van der Waals surface area contributed by atoms with Crippen LogP contribution in [0.25, 0.3) is 16.8 Å². The van der Waals surface area contributed by atoms with Crippen LogP contribution in [0.15, 0.2) is 36.5 Å². The number of nitrogens with one attached hydrogen (secondary N) is 1. The third kappa shape index (κ3) is 3.21. The quantitative estimate of drug-likeness (QED) is 0.755. The Kier molecular flexibility index (Phi) is 5.07. The molecule has 0 fully saturated rings. The number of aromatic nitrogens is 3. The van der Waals surface area contributed by atoms with Gasteiger partial charge >= 0.3 is 0 Å². The third-order valence-corrected chi connectivity index (χ3v) is 4.92. The van der Waals surface area contributed by atoms with E-state index in [0.717, 1.165) is 28.2 Å². The van der Waals surface area contributed by atoms with Crippen LogP contribution in [0.3, 0.4) is 0 Å². The maximum atomic E-state index is 12.8. The van der Waals surface area contributed by atoms with Gasteiger partial charge in [-0.05, 0) is 31.7 Å². The maximum absolute atomic E-state index is 12.8. The molecule has 136 valence electrons. The fraction of sp³-hybridized carbons (Fsp3) is 0.381. The van der Waals surface area contributed by atoms with Crippen molar-refractivity contribution >= 4 is 11.6 Å². The molecule has 1 amide bonds. The van der Waals surface area contributed by atoms with Gasteiger partial charge < -0.3 is 5.32 Å². The first-order valence-electron chi connectivity index (χ1n) is 9.17. The van der Waals surface area contributed by atoms with E-state index >= 15 is 0 Å². The van der Waals surface area contributed by atoms with E-state index in [0.29, 0.717) is 17.9 Å². The van der Waals surface area contributed by atoms with Crippen molar-refractivity contribution in [1.29, 1.82) is 0 Å². The Morgan fingerprint density at radius 3 is 2.50 bits per heavy atom. The number of aryl methyl sites for hydroxylation is 2. The highest BCUT2D eigenvalue weighted by Gasteiger charge is 2.21. The van der Waals surface area contributed by atoms with Crippen LogP contribution in [-0.2, 0) is 6.42 Å². The second-order valence-electron chi connectivity index (χ2n) is 7.04. The molecule has 0 spiro atoms. The van der Waals surface area contributed by atoms with Gasteiger partial charge in [0.2, 0.25) is 0 Å². The number of nitrogens with zero attached hydrogens (tertiary/aromatic N) is 3. The first-order chi connectivity index (χ1) is 12.4. The smallest absolute Gasteiger partial charge is 0.254 e. The lowest BCUT2D eigenvalue weighted by Crippen LogP contribution is -2.37. The largest absolute Gasteiger partial charge is 0.349 e. The van der Waals surface area contributed by atoms with E-state index in [1.54, 1.807) is 6.20 Å². The van der Waals surface area contributed by atoms with Gasteiger partial charge in [-0.25, -0.2) is 9.50 Å². The van der Waals surface area contributed by atoms with Crippen LogP contribution in [0.5, 0.6) is 0 Å². The molecule has 3 rings (SSSR count). The highest BCUT2D eigenvalue weighted by Crippen LogP contribution is 2.28. The van der Waals surface area contributed by atoms with E-state index in [1.165, 1.54) is 0 Å². The van der Waals surface area contributed by atoms with Gasteiger partial charge in [0.25, 0.3) is 5.91 Å². The molecule has 0 saturated heterocycles. The number of hydrogen-bond acceptors (Lipinski definition) is 3. The van der Waals surface area contributed by atoms with E-state index in [1.807, 2.05) is 43.5 Å². The first kappa shape index (κ1) is 18.1. The summed E-state index contributed by atoms with van der Waals surface area (Å²) in [5.74, 6) is 0.282. The molecule has 0 aliphatic rings. The number of hydrogen-bond donors (Lipinski definition) is 1. The second-order valence-corrected chi connectivity index (χ2v) is 7.04. The number of carbonyl (C=O) groups excluding carboxylic acids is 1. The normalized spacial score (nSPS) is 12.5. The van der Waals surface area contributed by atoms with Crippen LogP contribution in [0.2, 0.25) is 0 Å². The zero-order valence-electron chi connectivity index (χ0n) is 16.1. The Morgan fingerprint density at radius 2 is 1.88 bits per heavy atom. The van der Waals surface area contributed by atoms with Crippen molar-refractivity contribution < 1.29 is 4.79 Å². The molecule has 2 aromatic heterocycles. The van der Waals surface area contributed by atoms with Crippen LogP contribution < -0.4 is 5.32 Å². The number of amides is 1. The molecule has 0 unspecified atom stereocenters. The molecule has 0 aliphatic carbocycles. The standard InChI is InChI=1S/C21H26N4O/c1-6-18-17(21(26)23-14(4)13(2)3)12-22-20-19(15(5)24-25(18)20)16-10-8-7-9-11-16/h7-14H,6H2,1-5H3,(H,23,26)/t14-/m0/s1. The van der Waals surface area contributed by atoms with Gasteiger partial charge in [0.1, 0.15) is 0 Å². The number of carbonyl (C=O) groups is 1. The first-order valence-corrected chi connectivity index (χ1v) is 9.17. The lowest BCUT2D eigenvalue weighted by Gasteiger charge is -2.18. The summed E-state index contributed by atoms with van der Waals surface area (Å²) in [5.41, 5.74) is 5.27. The summed E-state index contributed by atoms with van der Waals surface area (Å²) in [4.78, 5) is 17.4. The molecule has 0 radical (unpaired) electrons. The molecule has 2 heterocycles. The van der Waals surface area contributed by atoms with E-state index in [9.17, 15) is 4.79 Å². The van der Waals surface area contributed by atoms with E-state index in [4.69, 9.17) is 5.10 Å². The van der Waals surface area contributed by atoms with Crippen molar-refractivity contribution in [2.75, 3.05) is 0 Å². The summed E-state index contributed by atoms with van der Waals surface area (Å²) in [6.07, 6.45) is 2.39. The van der Waals surface area contributed by atoms with Crippen molar-refractivity contribution in [2.45, 2.75) is 47.1 Å². The van der Waals surface area contributed by atoms with Gasteiger partial charge in [0.05, 0.1) is 17.0 Å². The van der Waals surface area contributed by atoms with Crippen LogP contribution in [-0.4, -0.2) is 26.5 Å². The van der Waals surface area contributed by atoms with Gasteiger partial charge in [-0.3, -0.25) is 4.79 Å². The van der Waals surface area contributed by atoms with E-state index in [2.05, 4.69) is 36.3 Å². The molecule has 0 saturated carbocycles. The van der Waals surface area contributed by atoms with Crippen LogP contribution >= 0.6 is 0 Å². The van der Waals surface area contributed by atoms with E-state index < -0.39 is 0 Å². The summed E-state index contributed by atoms with van der Waals surface area (Å²) in [5, 5.41) is 7.76. The monoisotopic (exact) mass is 350 g/mol. The number of rotatable bonds is 5. The van der Waals surface area contributed by atoms with Gasteiger partial charge in [-0.1, -0.05) is 51.1 Å². The number of fused-ring (bicyclic) bond motifs is 1. The van der Waals surface area contributed by atoms with Crippen molar-refractivity contribution in [3.05, 3.63) is 53.5 Å². The minimum atomic E-state index is -0.0909. The Morgan fingerprint density at radius 1 is 1.19 bits per heavy atom. The summed E-state index contributed by atoms with van der Waals surface area (Å²) in [7, 11) is 0. The van der Waals surface area contributed by atoms with Gasteiger partial charge in [-0.2, -0.15) is 5.10 Å². The Balaban J connectivity index is 2.11. The lowest BCUT2D eigenvalue weighted by molar-refractivity contribution is 0.0928. The summed E-state index contributed by atoms with van der Waals surface area (Å²) >= 11 is 0. The average Bonchev–Trinajstić information content (AvgIpc) is 2.97. The number of benzene rings is 1. The molecule has 3 aromatic rings. The Bertz CT molecular complexity index is 928. The highest BCUT2D eigenvalue weighted by molar-refractivity contribution is 5.96. The predicted octanol–water partition coefficient (Wildman–Crippen LogP) is 4.04. The molecule has 5 nitrogen and oxygen atoms in total. The van der Waals surface area contributed by atoms with Crippen molar-refractivity contribution in [1.82, 2.24) is 19.9 Å². The Labute approximate surface area is 154 Å². The minimum Gasteiger partial charge on any atom is -0.349 e. The molecule has 0 bridgehead atoms. The maximum Gasteiger partial charge on any atom is 0.254 e. The molecule has 0 aliphatic heterocycles. The van der Waals surface area contributed by atoms with Gasteiger partial charge in [0.15, 0.2) is 5.65 Å². The SMILES string of the molecule is CCc1c(C(=O)N[C@@H](C)C(C)C)cnc2c(-c3ccccc3)c(C)nn12. The molecule has 1 atom stereocenters. The summed E-state index contributed by atoms with van der Waals surface area (Å²) in [6, 6.07) is 10.2. The predicted molar refractivity (Wildman–Crippen MR) is 104 cm³/mol. The van der Waals surface area contributed by atoms with Gasteiger partial charge in [-0.15, -0.1) is 0 Å². The molecular formula is C21H26N4O. The molecular weight excluding hydrogens is 324 g/mol. The fourth-order valence-electron chi connectivity index (χ4n) is 3.06. The van der Waals surface area contributed by atoms with Crippen LogP contribution in [0.1, 0.15) is 49.4 Å². The van der Waals surface area contributed by atoms with Crippen LogP contribution in [0, 0.1) is 12.8 Å². The zero-order chi connectivity index (χ0) is 18.8. The highest BCUT2D eigenvalue weighted by atomic mass is 16.1. The average molecular weight is 350 g/mol. The molecule has 5 heteroatoms. The topological polar surface area (TPSA) is 59.3 Å². The zero-order valence-corrected chi connectivity index (χ0v) is 16.1. The molecule has 1 aromatic carbocycles. The minimum absolute atomic E-state index is 0.0909. The summed E-state index contributed by atoms with van der Waals surface area (Å²) in [6.45, 7) is 10.2.